The van der Waals surface area contributed by atoms with Crippen molar-refractivity contribution in [1.82, 2.24) is 10.3 Å². The van der Waals surface area contributed by atoms with Gasteiger partial charge >= 0.3 is 0 Å². The summed E-state index contributed by atoms with van der Waals surface area (Å²) >= 11 is 1.71. The third kappa shape index (κ3) is 3.56. The number of ether oxygens (including phenoxy) is 2. The fraction of sp³-hybridized carbons (Fsp3) is 0.450. The lowest BCUT2D eigenvalue weighted by molar-refractivity contribution is -0.131. The van der Waals surface area contributed by atoms with E-state index in [4.69, 9.17) is 14.3 Å². The zero-order chi connectivity index (χ0) is 18.9. The molecule has 0 saturated carbocycles. The maximum absolute atomic E-state index is 12.4. The molecule has 5 rings (SSSR count). The van der Waals surface area contributed by atoms with Crippen molar-refractivity contribution in [2.24, 2.45) is 5.16 Å². The van der Waals surface area contributed by atoms with Crippen LogP contribution in [0.15, 0.2) is 23.4 Å². The molecule has 3 aliphatic rings. The minimum atomic E-state index is -0.571. The highest BCUT2D eigenvalue weighted by atomic mass is 32.1. The lowest BCUT2D eigenvalue weighted by Crippen LogP contribution is -2.34. The zero-order valence-corrected chi connectivity index (χ0v) is 16.2. The molecule has 1 aromatic heterocycles. The third-order valence-corrected chi connectivity index (χ3v) is 6.33. The van der Waals surface area contributed by atoms with Gasteiger partial charge in [0.05, 0.1) is 18.0 Å². The van der Waals surface area contributed by atoms with Crippen LogP contribution in [0.3, 0.4) is 0 Å². The van der Waals surface area contributed by atoms with Gasteiger partial charge in [-0.1, -0.05) is 11.2 Å². The summed E-state index contributed by atoms with van der Waals surface area (Å²) in [6.45, 7) is 0.709. The molecule has 1 unspecified atom stereocenters. The van der Waals surface area contributed by atoms with E-state index in [9.17, 15) is 4.79 Å². The Morgan fingerprint density at radius 1 is 1.21 bits per heavy atom. The van der Waals surface area contributed by atoms with Crippen LogP contribution < -0.4 is 14.8 Å². The largest absolute Gasteiger partial charge is 0.454 e. The van der Waals surface area contributed by atoms with Gasteiger partial charge in [0, 0.05) is 17.7 Å². The molecule has 0 spiro atoms. The maximum atomic E-state index is 12.4. The summed E-state index contributed by atoms with van der Waals surface area (Å²) in [4.78, 5) is 23.8. The van der Waals surface area contributed by atoms with Crippen LogP contribution in [0.1, 0.15) is 40.4 Å². The molecule has 2 aromatic rings. The van der Waals surface area contributed by atoms with E-state index in [1.165, 1.54) is 23.4 Å². The Kier molecular flexibility index (Phi) is 4.64. The van der Waals surface area contributed by atoms with Crippen LogP contribution in [0.25, 0.3) is 0 Å². The number of carbonyl (C=O) groups excluding carboxylic acids is 1. The molecule has 8 heteroatoms. The van der Waals surface area contributed by atoms with E-state index in [1.807, 2.05) is 18.2 Å². The summed E-state index contributed by atoms with van der Waals surface area (Å²) < 4.78 is 10.7. The highest BCUT2D eigenvalue weighted by molar-refractivity contribution is 7.11. The number of fused-ring (bicyclic) bond motifs is 2. The van der Waals surface area contributed by atoms with E-state index < -0.39 is 6.10 Å². The standard InChI is InChI=1S/C20H21N3O4S/c24-20(21-10-19-22-14-3-1-2-4-18(14)28-19)17-9-13(23-27-17)7-12-5-6-15-16(8-12)26-11-25-15/h5-6,8,17H,1-4,7,9-11H2,(H,21,24). The Bertz CT molecular complexity index is 916. The first-order valence-corrected chi connectivity index (χ1v) is 10.4. The topological polar surface area (TPSA) is 82.0 Å². The molecule has 1 amide bonds. The van der Waals surface area contributed by atoms with E-state index in [0.29, 0.717) is 19.4 Å². The second kappa shape index (κ2) is 7.43. The van der Waals surface area contributed by atoms with Crippen LogP contribution in [0, 0.1) is 0 Å². The normalized spacial score (nSPS) is 19.7. The minimum absolute atomic E-state index is 0.141. The first kappa shape index (κ1) is 17.5. The first-order valence-electron chi connectivity index (χ1n) is 9.60. The number of nitrogens with one attached hydrogen (secondary N) is 1. The van der Waals surface area contributed by atoms with Gasteiger partial charge < -0.3 is 19.6 Å². The quantitative estimate of drug-likeness (QED) is 0.836. The minimum Gasteiger partial charge on any atom is -0.454 e. The second-order valence-corrected chi connectivity index (χ2v) is 8.39. The molecular formula is C20H21N3O4S. The molecule has 28 heavy (non-hydrogen) atoms. The van der Waals surface area contributed by atoms with Crippen molar-refractivity contribution in [2.75, 3.05) is 6.79 Å². The van der Waals surface area contributed by atoms with Crippen molar-refractivity contribution in [3.8, 4) is 11.5 Å². The summed E-state index contributed by atoms with van der Waals surface area (Å²) in [5, 5.41) is 8.02. The monoisotopic (exact) mass is 399 g/mol. The van der Waals surface area contributed by atoms with Crippen molar-refractivity contribution < 1.29 is 19.1 Å². The van der Waals surface area contributed by atoms with Gasteiger partial charge in [-0.15, -0.1) is 11.3 Å². The average molecular weight is 399 g/mol. The number of amides is 1. The number of hydrogen-bond acceptors (Lipinski definition) is 7. The molecule has 7 nitrogen and oxygen atoms in total. The molecule has 146 valence electrons. The van der Waals surface area contributed by atoms with Crippen molar-refractivity contribution in [3.63, 3.8) is 0 Å². The highest BCUT2D eigenvalue weighted by Gasteiger charge is 2.28. The van der Waals surface area contributed by atoms with E-state index in [2.05, 4.69) is 15.5 Å². The summed E-state index contributed by atoms with van der Waals surface area (Å²) in [5.41, 5.74) is 3.12. The number of carbonyl (C=O) groups is 1. The van der Waals surface area contributed by atoms with Crippen molar-refractivity contribution >= 4 is 23.0 Å². The van der Waals surface area contributed by atoms with Crippen LogP contribution in [0.2, 0.25) is 0 Å². The number of thiazole rings is 1. The average Bonchev–Trinajstić information content (AvgIpc) is 3.44. The van der Waals surface area contributed by atoms with Gasteiger partial charge in [-0.2, -0.15) is 0 Å². The zero-order valence-electron chi connectivity index (χ0n) is 15.4. The Balaban J connectivity index is 1.13. The van der Waals surface area contributed by atoms with Gasteiger partial charge in [-0.3, -0.25) is 4.79 Å². The van der Waals surface area contributed by atoms with E-state index >= 15 is 0 Å². The number of aryl methyl sites for hydroxylation is 2. The number of oxime groups is 1. The number of rotatable bonds is 5. The molecular weight excluding hydrogens is 378 g/mol. The summed E-state index contributed by atoms with van der Waals surface area (Å²) in [7, 11) is 0. The van der Waals surface area contributed by atoms with E-state index in [1.54, 1.807) is 11.3 Å². The Hall–Kier alpha value is -2.61. The summed E-state index contributed by atoms with van der Waals surface area (Å²) in [6.07, 6.45) is 5.17. The molecule has 2 aliphatic heterocycles. The fourth-order valence-corrected chi connectivity index (χ4v) is 4.81. The Morgan fingerprint density at radius 3 is 3.04 bits per heavy atom. The lowest BCUT2D eigenvalue weighted by atomic mass is 10.0. The number of hydrogen-bond donors (Lipinski definition) is 1. The van der Waals surface area contributed by atoms with Crippen LogP contribution in [-0.2, 0) is 35.4 Å². The lowest BCUT2D eigenvalue weighted by Gasteiger charge is -2.08. The fourth-order valence-electron chi connectivity index (χ4n) is 3.72. The predicted octanol–water partition coefficient (Wildman–Crippen LogP) is 2.75. The predicted molar refractivity (Wildman–Crippen MR) is 104 cm³/mol. The van der Waals surface area contributed by atoms with Gasteiger partial charge in [0.2, 0.25) is 12.9 Å². The molecule has 1 aliphatic carbocycles. The van der Waals surface area contributed by atoms with Crippen LogP contribution in [0.4, 0.5) is 0 Å². The summed E-state index contributed by atoms with van der Waals surface area (Å²) in [5.74, 6) is 1.37. The molecule has 0 saturated heterocycles. The van der Waals surface area contributed by atoms with E-state index in [-0.39, 0.29) is 12.7 Å². The Labute approximate surface area is 166 Å². The molecule has 0 bridgehead atoms. The maximum Gasteiger partial charge on any atom is 0.264 e. The first-order chi connectivity index (χ1) is 13.7. The molecule has 0 fully saturated rings. The van der Waals surface area contributed by atoms with Gasteiger partial charge in [0.1, 0.15) is 5.01 Å². The van der Waals surface area contributed by atoms with Gasteiger partial charge in [-0.05, 0) is 43.4 Å². The molecule has 0 radical (unpaired) electrons. The SMILES string of the molecule is O=C(NCc1nc2c(s1)CCCC2)C1CC(Cc2ccc3c(c2)OCO3)=NO1. The van der Waals surface area contributed by atoms with Gasteiger partial charge in [0.25, 0.3) is 5.91 Å². The molecule has 1 N–H and O–H groups in total. The molecule has 1 atom stereocenters. The van der Waals surface area contributed by atoms with Crippen LogP contribution in [0.5, 0.6) is 11.5 Å². The number of benzene rings is 1. The number of aromatic nitrogens is 1. The second-order valence-electron chi connectivity index (χ2n) is 7.22. The van der Waals surface area contributed by atoms with Crippen molar-refractivity contribution in [2.45, 2.75) is 51.2 Å². The third-order valence-electron chi connectivity index (χ3n) is 5.17. The summed E-state index contributed by atoms with van der Waals surface area (Å²) in [6, 6.07) is 5.82. The van der Waals surface area contributed by atoms with Crippen LogP contribution in [-0.4, -0.2) is 29.5 Å². The van der Waals surface area contributed by atoms with Gasteiger partial charge in [-0.25, -0.2) is 4.98 Å². The smallest absolute Gasteiger partial charge is 0.264 e. The number of nitrogens with zero attached hydrogens (tertiary/aromatic N) is 2. The molecule has 3 heterocycles. The molecule has 1 aromatic carbocycles. The Morgan fingerprint density at radius 2 is 2.11 bits per heavy atom. The van der Waals surface area contributed by atoms with E-state index in [0.717, 1.165) is 40.6 Å². The highest BCUT2D eigenvalue weighted by Crippen LogP contribution is 2.33. The van der Waals surface area contributed by atoms with Gasteiger partial charge in [0.15, 0.2) is 11.5 Å². The van der Waals surface area contributed by atoms with Crippen molar-refractivity contribution in [3.05, 3.63) is 39.3 Å². The van der Waals surface area contributed by atoms with Crippen molar-refractivity contribution in [1.29, 1.82) is 0 Å². The van der Waals surface area contributed by atoms with Crippen LogP contribution >= 0.6 is 11.3 Å².